The number of hydrogen-bond donors (Lipinski definition) is 0. The predicted octanol–water partition coefficient (Wildman–Crippen LogP) is 3.71. The molecule has 0 saturated heterocycles. The molecule has 0 aliphatic carbocycles. The summed E-state index contributed by atoms with van der Waals surface area (Å²) in [5.41, 5.74) is -0.00563. The van der Waals surface area contributed by atoms with Gasteiger partial charge in [0.1, 0.15) is 0 Å². The van der Waals surface area contributed by atoms with Crippen LogP contribution in [0.1, 0.15) is 13.8 Å². The normalized spacial score (nSPS) is 10.6. The van der Waals surface area contributed by atoms with E-state index in [1.165, 1.54) is 6.07 Å². The Morgan fingerprint density at radius 3 is 2.76 bits per heavy atom. The molecule has 1 aromatic rings. The molecular formula is C11H14ClNO3S. The van der Waals surface area contributed by atoms with Gasteiger partial charge in [-0.1, -0.05) is 0 Å². The molecule has 1 rings (SSSR count). The smallest absolute Gasteiger partial charge is 0.311 e. The zero-order valence-corrected chi connectivity index (χ0v) is 11.3. The maximum absolute atomic E-state index is 10.8. The lowest BCUT2D eigenvalue weighted by molar-refractivity contribution is -0.386. The second-order valence-corrected chi connectivity index (χ2v) is 5.14. The first-order valence-corrected chi connectivity index (χ1v) is 6.70. The van der Waals surface area contributed by atoms with Gasteiger partial charge in [0.2, 0.25) is 0 Å². The van der Waals surface area contributed by atoms with Gasteiger partial charge in [-0.15, -0.1) is 23.4 Å². The molecule has 0 aliphatic rings. The largest absolute Gasteiger partial charge is 0.484 e. The van der Waals surface area contributed by atoms with E-state index in [1.807, 2.05) is 13.8 Å². The summed E-state index contributed by atoms with van der Waals surface area (Å²) in [6.45, 7) is 3.67. The topological polar surface area (TPSA) is 52.4 Å². The molecule has 0 bridgehead atoms. The quantitative estimate of drug-likeness (QED) is 0.344. The number of rotatable bonds is 6. The van der Waals surface area contributed by atoms with Gasteiger partial charge >= 0.3 is 5.69 Å². The van der Waals surface area contributed by atoms with Crippen molar-refractivity contribution in [2.24, 2.45) is 0 Å². The number of benzene rings is 1. The van der Waals surface area contributed by atoms with Crippen molar-refractivity contribution in [1.29, 1.82) is 0 Å². The van der Waals surface area contributed by atoms with E-state index in [2.05, 4.69) is 0 Å². The molecule has 94 valence electrons. The van der Waals surface area contributed by atoms with Gasteiger partial charge in [-0.25, -0.2) is 0 Å². The van der Waals surface area contributed by atoms with Crippen molar-refractivity contribution in [3.8, 4) is 5.75 Å². The van der Waals surface area contributed by atoms with Crippen LogP contribution >= 0.6 is 23.4 Å². The minimum absolute atomic E-state index is 0.00563. The first kappa shape index (κ1) is 14.1. The zero-order chi connectivity index (χ0) is 12.8. The van der Waals surface area contributed by atoms with Crippen LogP contribution in [0.2, 0.25) is 0 Å². The third kappa shape index (κ3) is 4.44. The van der Waals surface area contributed by atoms with Crippen molar-refractivity contribution in [3.63, 3.8) is 0 Å². The molecule has 0 radical (unpaired) electrons. The molecular weight excluding hydrogens is 262 g/mol. The number of alkyl halides is 1. The average Bonchev–Trinajstić information content (AvgIpc) is 2.25. The fourth-order valence-corrected chi connectivity index (χ4v) is 2.14. The third-order valence-corrected chi connectivity index (χ3v) is 3.25. The molecule has 0 unspecified atom stereocenters. The van der Waals surface area contributed by atoms with Crippen LogP contribution in [0, 0.1) is 10.1 Å². The maximum atomic E-state index is 10.8. The minimum atomic E-state index is -0.437. The van der Waals surface area contributed by atoms with Crippen LogP contribution in [0.15, 0.2) is 23.1 Å². The molecule has 1 aromatic carbocycles. The highest BCUT2D eigenvalue weighted by Crippen LogP contribution is 2.32. The Hall–Kier alpha value is -0.940. The van der Waals surface area contributed by atoms with Crippen LogP contribution in [0.4, 0.5) is 5.69 Å². The molecule has 0 aromatic heterocycles. The van der Waals surface area contributed by atoms with E-state index in [1.54, 1.807) is 23.9 Å². The molecule has 0 spiro atoms. The number of hydrogen-bond acceptors (Lipinski definition) is 4. The molecule has 0 fully saturated rings. The van der Waals surface area contributed by atoms with Crippen molar-refractivity contribution >= 4 is 29.1 Å². The average molecular weight is 276 g/mol. The van der Waals surface area contributed by atoms with Crippen LogP contribution in [0.3, 0.4) is 0 Å². The van der Waals surface area contributed by atoms with Crippen molar-refractivity contribution in [3.05, 3.63) is 28.3 Å². The summed E-state index contributed by atoms with van der Waals surface area (Å²) >= 11 is 7.14. The molecule has 0 aliphatic heterocycles. The number of ether oxygens (including phenoxy) is 1. The molecule has 0 heterocycles. The SMILES string of the molecule is CC(C)Oc1cc(SCCCl)ccc1[N+](=O)[O-]. The van der Waals surface area contributed by atoms with Gasteiger partial charge in [0.15, 0.2) is 5.75 Å². The predicted molar refractivity (Wildman–Crippen MR) is 70.3 cm³/mol. The Kier molecular flexibility index (Phi) is 5.58. The Morgan fingerprint density at radius 2 is 2.24 bits per heavy atom. The molecule has 0 N–H and O–H groups in total. The second kappa shape index (κ2) is 6.71. The Balaban J connectivity index is 2.97. The molecule has 0 atom stereocenters. The van der Waals surface area contributed by atoms with Gasteiger partial charge in [-0.3, -0.25) is 10.1 Å². The van der Waals surface area contributed by atoms with Crippen molar-refractivity contribution < 1.29 is 9.66 Å². The zero-order valence-electron chi connectivity index (χ0n) is 9.68. The first-order chi connectivity index (χ1) is 8.04. The van der Waals surface area contributed by atoms with E-state index in [9.17, 15) is 10.1 Å². The lowest BCUT2D eigenvalue weighted by Gasteiger charge is -2.11. The summed E-state index contributed by atoms with van der Waals surface area (Å²) in [4.78, 5) is 11.3. The van der Waals surface area contributed by atoms with Crippen LogP contribution < -0.4 is 4.74 Å². The first-order valence-electron chi connectivity index (χ1n) is 5.18. The van der Waals surface area contributed by atoms with Crippen LogP contribution in [-0.4, -0.2) is 22.7 Å². The van der Waals surface area contributed by atoms with E-state index < -0.39 is 4.92 Å². The summed E-state index contributed by atoms with van der Waals surface area (Å²) in [7, 11) is 0. The third-order valence-electron chi connectivity index (χ3n) is 1.84. The van der Waals surface area contributed by atoms with Gasteiger partial charge in [0.25, 0.3) is 0 Å². The van der Waals surface area contributed by atoms with Crippen LogP contribution in [0.5, 0.6) is 5.75 Å². The van der Waals surface area contributed by atoms with E-state index in [0.29, 0.717) is 11.6 Å². The monoisotopic (exact) mass is 275 g/mol. The summed E-state index contributed by atoms with van der Waals surface area (Å²) in [5, 5.41) is 10.8. The van der Waals surface area contributed by atoms with E-state index in [0.717, 1.165) is 10.6 Å². The Labute approximate surface area is 109 Å². The molecule has 0 saturated carbocycles. The van der Waals surface area contributed by atoms with E-state index in [-0.39, 0.29) is 11.8 Å². The lowest BCUT2D eigenvalue weighted by Crippen LogP contribution is -2.07. The van der Waals surface area contributed by atoms with Gasteiger partial charge < -0.3 is 4.74 Å². The molecule has 6 heteroatoms. The molecule has 17 heavy (non-hydrogen) atoms. The summed E-state index contributed by atoms with van der Waals surface area (Å²) in [5.74, 6) is 1.62. The van der Waals surface area contributed by atoms with E-state index >= 15 is 0 Å². The fourth-order valence-electron chi connectivity index (χ4n) is 1.24. The minimum Gasteiger partial charge on any atom is -0.484 e. The molecule has 4 nitrogen and oxygen atoms in total. The van der Waals surface area contributed by atoms with Gasteiger partial charge in [0.05, 0.1) is 11.0 Å². The maximum Gasteiger partial charge on any atom is 0.311 e. The summed E-state index contributed by atoms with van der Waals surface area (Å²) in [6.07, 6.45) is -0.0954. The van der Waals surface area contributed by atoms with E-state index in [4.69, 9.17) is 16.3 Å². The number of nitro groups is 1. The Morgan fingerprint density at radius 1 is 1.53 bits per heavy atom. The summed E-state index contributed by atoms with van der Waals surface area (Å²) < 4.78 is 5.44. The highest BCUT2D eigenvalue weighted by Gasteiger charge is 2.16. The summed E-state index contributed by atoms with van der Waals surface area (Å²) in [6, 6.07) is 4.87. The van der Waals surface area contributed by atoms with Crippen molar-refractivity contribution in [2.75, 3.05) is 11.6 Å². The van der Waals surface area contributed by atoms with Gasteiger partial charge in [0, 0.05) is 28.7 Å². The van der Waals surface area contributed by atoms with Crippen LogP contribution in [-0.2, 0) is 0 Å². The highest BCUT2D eigenvalue weighted by atomic mass is 35.5. The number of halogens is 1. The van der Waals surface area contributed by atoms with Crippen molar-refractivity contribution in [2.45, 2.75) is 24.8 Å². The number of nitrogens with zero attached hydrogens (tertiary/aromatic N) is 1. The second-order valence-electron chi connectivity index (χ2n) is 3.59. The number of thioether (sulfide) groups is 1. The lowest BCUT2D eigenvalue weighted by atomic mass is 10.3. The number of nitro benzene ring substituents is 1. The van der Waals surface area contributed by atoms with Gasteiger partial charge in [-0.05, 0) is 19.9 Å². The van der Waals surface area contributed by atoms with Gasteiger partial charge in [-0.2, -0.15) is 0 Å². The molecule has 0 amide bonds. The fraction of sp³-hybridized carbons (Fsp3) is 0.455. The Bertz CT molecular complexity index is 398. The highest BCUT2D eigenvalue weighted by molar-refractivity contribution is 7.99. The standard InChI is InChI=1S/C11H14ClNO3S/c1-8(2)16-11-7-9(17-6-5-12)3-4-10(11)13(14)15/h3-4,7-8H,5-6H2,1-2H3. The van der Waals surface area contributed by atoms with Crippen molar-refractivity contribution in [1.82, 2.24) is 0 Å². The van der Waals surface area contributed by atoms with Crippen LogP contribution in [0.25, 0.3) is 0 Å².